The van der Waals surface area contributed by atoms with Gasteiger partial charge in [0.1, 0.15) is 0 Å². The molecule has 0 atom stereocenters. The summed E-state index contributed by atoms with van der Waals surface area (Å²) in [5.74, 6) is 0.285. The summed E-state index contributed by atoms with van der Waals surface area (Å²) >= 11 is 0. The second-order valence-corrected chi connectivity index (χ2v) is 9.60. The molecule has 0 aromatic heterocycles. The Labute approximate surface area is 195 Å². The minimum absolute atomic E-state index is 0.0726. The number of carbonyl (C=O) groups excluding carboxylic acids is 1. The summed E-state index contributed by atoms with van der Waals surface area (Å²) in [5, 5.41) is 2.91. The molecular formula is C23H31N3O6S. The van der Waals surface area contributed by atoms with Crippen LogP contribution < -0.4 is 19.1 Å². The van der Waals surface area contributed by atoms with E-state index in [4.69, 9.17) is 14.2 Å². The second kappa shape index (κ2) is 11.4. The number of nitrogens with zero attached hydrogens (tertiary/aromatic N) is 2. The maximum atomic E-state index is 13.2. The van der Waals surface area contributed by atoms with Gasteiger partial charge in [0.2, 0.25) is 10.0 Å². The molecule has 1 heterocycles. The minimum Gasteiger partial charge on any atom is -0.493 e. The van der Waals surface area contributed by atoms with Crippen LogP contribution in [-0.4, -0.2) is 79.1 Å². The number of anilines is 1. The van der Waals surface area contributed by atoms with Crippen LogP contribution in [0.3, 0.4) is 0 Å². The van der Waals surface area contributed by atoms with Gasteiger partial charge in [-0.3, -0.25) is 14.0 Å². The van der Waals surface area contributed by atoms with E-state index in [0.717, 1.165) is 24.9 Å². The SMILES string of the molecule is COc1cc(C(=O)NCCN2CCOCC2)c(N(Cc2ccccc2)S(C)(=O)=O)cc1OC. The van der Waals surface area contributed by atoms with E-state index in [1.165, 1.54) is 30.7 Å². The molecule has 1 amide bonds. The van der Waals surface area contributed by atoms with Crippen molar-refractivity contribution in [1.82, 2.24) is 10.2 Å². The molecule has 2 aromatic rings. The van der Waals surface area contributed by atoms with Gasteiger partial charge in [0, 0.05) is 32.2 Å². The third kappa shape index (κ3) is 6.59. The standard InChI is InChI=1S/C23H31N3O6S/c1-30-21-15-19(23(27)24-9-10-25-11-13-32-14-12-25)20(16-22(21)31-2)26(33(3,28)29)17-18-7-5-4-6-8-18/h4-8,15-16H,9-14,17H2,1-3H3,(H,24,27). The lowest BCUT2D eigenvalue weighted by atomic mass is 10.1. The van der Waals surface area contributed by atoms with Crippen molar-refractivity contribution in [2.45, 2.75) is 6.54 Å². The van der Waals surface area contributed by atoms with Crippen molar-refractivity contribution in [2.75, 3.05) is 64.2 Å². The first-order valence-electron chi connectivity index (χ1n) is 10.7. The molecule has 1 saturated heterocycles. The Morgan fingerprint density at radius 3 is 2.33 bits per heavy atom. The van der Waals surface area contributed by atoms with Gasteiger partial charge in [0.15, 0.2) is 11.5 Å². The van der Waals surface area contributed by atoms with E-state index < -0.39 is 10.0 Å². The predicted octanol–water partition coefficient (Wildman–Crippen LogP) is 1.73. The lowest BCUT2D eigenvalue weighted by Gasteiger charge is -2.27. The van der Waals surface area contributed by atoms with Crippen LogP contribution in [0.15, 0.2) is 42.5 Å². The fourth-order valence-electron chi connectivity index (χ4n) is 3.63. The van der Waals surface area contributed by atoms with Crippen molar-refractivity contribution in [1.29, 1.82) is 0 Å². The average molecular weight is 478 g/mol. The van der Waals surface area contributed by atoms with Gasteiger partial charge in [0.05, 0.1) is 51.5 Å². The largest absolute Gasteiger partial charge is 0.493 e. The number of methoxy groups -OCH3 is 2. The van der Waals surface area contributed by atoms with Crippen LogP contribution in [0.25, 0.3) is 0 Å². The van der Waals surface area contributed by atoms with Crippen molar-refractivity contribution < 1.29 is 27.4 Å². The average Bonchev–Trinajstić information content (AvgIpc) is 2.82. The van der Waals surface area contributed by atoms with Crippen molar-refractivity contribution >= 4 is 21.6 Å². The van der Waals surface area contributed by atoms with Crippen molar-refractivity contribution in [2.24, 2.45) is 0 Å². The summed E-state index contributed by atoms with van der Waals surface area (Å²) in [7, 11) is -0.787. The first kappa shape index (κ1) is 24.8. The zero-order valence-corrected chi connectivity index (χ0v) is 20.1. The third-order valence-electron chi connectivity index (χ3n) is 5.40. The third-order valence-corrected chi connectivity index (χ3v) is 6.53. The van der Waals surface area contributed by atoms with Gasteiger partial charge in [-0.15, -0.1) is 0 Å². The molecule has 0 saturated carbocycles. The second-order valence-electron chi connectivity index (χ2n) is 7.69. The van der Waals surface area contributed by atoms with Crippen LogP contribution in [0.2, 0.25) is 0 Å². The zero-order chi connectivity index (χ0) is 23.8. The highest BCUT2D eigenvalue weighted by atomic mass is 32.2. The molecule has 2 aromatic carbocycles. The Balaban J connectivity index is 1.92. The van der Waals surface area contributed by atoms with E-state index in [2.05, 4.69) is 10.2 Å². The van der Waals surface area contributed by atoms with Crippen molar-refractivity contribution in [3.05, 3.63) is 53.6 Å². The molecule has 1 aliphatic heterocycles. The van der Waals surface area contributed by atoms with Crippen molar-refractivity contribution in [3.8, 4) is 11.5 Å². The fourth-order valence-corrected chi connectivity index (χ4v) is 4.53. The molecule has 0 spiro atoms. The maximum Gasteiger partial charge on any atom is 0.253 e. The Morgan fingerprint density at radius 1 is 1.09 bits per heavy atom. The van der Waals surface area contributed by atoms with Crippen LogP contribution in [0.1, 0.15) is 15.9 Å². The predicted molar refractivity (Wildman–Crippen MR) is 127 cm³/mol. The number of hydrogen-bond donors (Lipinski definition) is 1. The van der Waals surface area contributed by atoms with Gasteiger partial charge in [-0.25, -0.2) is 8.42 Å². The van der Waals surface area contributed by atoms with Crippen LogP contribution in [0.4, 0.5) is 5.69 Å². The Hall–Kier alpha value is -2.82. The number of hydrogen-bond acceptors (Lipinski definition) is 7. The normalized spacial score (nSPS) is 14.5. The molecule has 1 fully saturated rings. The van der Waals surface area contributed by atoms with Crippen molar-refractivity contribution in [3.63, 3.8) is 0 Å². The molecule has 180 valence electrons. The molecule has 3 rings (SSSR count). The Bertz CT molecular complexity index is 1040. The first-order valence-corrected chi connectivity index (χ1v) is 12.5. The molecule has 0 bridgehead atoms. The number of sulfonamides is 1. The van der Waals surface area contributed by atoms with Crippen LogP contribution in [0, 0.1) is 0 Å². The van der Waals surface area contributed by atoms with E-state index >= 15 is 0 Å². The van der Waals surface area contributed by atoms with Crippen LogP contribution >= 0.6 is 0 Å². The highest BCUT2D eigenvalue weighted by Gasteiger charge is 2.26. The zero-order valence-electron chi connectivity index (χ0n) is 19.2. The summed E-state index contributed by atoms with van der Waals surface area (Å²) in [4.78, 5) is 15.4. The molecule has 1 N–H and O–H groups in total. The van der Waals surface area contributed by atoms with Crippen LogP contribution in [0.5, 0.6) is 11.5 Å². The van der Waals surface area contributed by atoms with Gasteiger partial charge in [-0.1, -0.05) is 30.3 Å². The Morgan fingerprint density at radius 2 is 1.73 bits per heavy atom. The lowest BCUT2D eigenvalue weighted by Crippen LogP contribution is -2.41. The summed E-state index contributed by atoms with van der Waals surface area (Å²) in [6.45, 7) is 4.16. The quantitative estimate of drug-likeness (QED) is 0.557. The van der Waals surface area contributed by atoms with E-state index in [1.54, 1.807) is 0 Å². The molecule has 33 heavy (non-hydrogen) atoms. The molecule has 9 nitrogen and oxygen atoms in total. The molecule has 0 unspecified atom stereocenters. The summed E-state index contributed by atoms with van der Waals surface area (Å²) in [5.41, 5.74) is 1.20. The summed E-state index contributed by atoms with van der Waals surface area (Å²) in [6, 6.07) is 12.2. The number of morpholine rings is 1. The number of nitrogens with one attached hydrogen (secondary N) is 1. The molecule has 10 heteroatoms. The number of ether oxygens (including phenoxy) is 3. The summed E-state index contributed by atoms with van der Waals surface area (Å²) in [6.07, 6.45) is 1.12. The topological polar surface area (TPSA) is 97.4 Å². The first-order chi connectivity index (χ1) is 15.8. The number of benzene rings is 2. The van der Waals surface area contributed by atoms with Crippen LogP contribution in [-0.2, 0) is 21.3 Å². The minimum atomic E-state index is -3.72. The number of rotatable bonds is 10. The highest BCUT2D eigenvalue weighted by Crippen LogP contribution is 2.36. The fraction of sp³-hybridized carbons (Fsp3) is 0.435. The highest BCUT2D eigenvalue weighted by molar-refractivity contribution is 7.92. The summed E-state index contributed by atoms with van der Waals surface area (Å²) < 4.78 is 42.9. The molecule has 0 aliphatic carbocycles. The number of amides is 1. The van der Waals surface area contributed by atoms with Gasteiger partial charge < -0.3 is 19.5 Å². The number of carbonyl (C=O) groups is 1. The van der Waals surface area contributed by atoms with Gasteiger partial charge >= 0.3 is 0 Å². The molecular weight excluding hydrogens is 446 g/mol. The van der Waals surface area contributed by atoms with Gasteiger partial charge in [-0.05, 0) is 11.6 Å². The van der Waals surface area contributed by atoms with E-state index in [9.17, 15) is 13.2 Å². The molecule has 1 aliphatic rings. The van der Waals surface area contributed by atoms with Gasteiger partial charge in [-0.2, -0.15) is 0 Å². The maximum absolute atomic E-state index is 13.2. The van der Waals surface area contributed by atoms with Gasteiger partial charge in [0.25, 0.3) is 5.91 Å². The smallest absolute Gasteiger partial charge is 0.253 e. The lowest BCUT2D eigenvalue weighted by molar-refractivity contribution is 0.0383. The van der Waals surface area contributed by atoms with E-state index in [-0.39, 0.29) is 23.7 Å². The Kier molecular flexibility index (Phi) is 8.54. The van der Waals surface area contributed by atoms with E-state index in [0.29, 0.717) is 37.8 Å². The monoisotopic (exact) mass is 477 g/mol. The molecule has 0 radical (unpaired) electrons. The van der Waals surface area contributed by atoms with E-state index in [1.807, 2.05) is 30.3 Å².